The van der Waals surface area contributed by atoms with Crippen LogP contribution in [0, 0.1) is 0 Å². The van der Waals surface area contributed by atoms with Gasteiger partial charge in [0, 0.05) is 34.1 Å². The fraction of sp³-hybridized carbons (Fsp3) is 0.241. The molecule has 234 valence electrons. The lowest BCUT2D eigenvalue weighted by atomic mass is 10.0. The molecule has 0 fully saturated rings. The van der Waals surface area contributed by atoms with Crippen LogP contribution in [0.25, 0.3) is 0 Å². The average Bonchev–Trinajstić information content (AvgIpc) is 3.45. The lowest BCUT2D eigenvalue weighted by Crippen LogP contribution is -2.52. The van der Waals surface area contributed by atoms with Gasteiger partial charge in [-0.2, -0.15) is 0 Å². The molecule has 1 aliphatic heterocycles. The van der Waals surface area contributed by atoms with Crippen molar-refractivity contribution in [3.63, 3.8) is 0 Å². The van der Waals surface area contributed by atoms with Gasteiger partial charge < -0.3 is 30.0 Å². The Bertz CT molecular complexity index is 1610. The third kappa shape index (κ3) is 9.72. The SMILES string of the molecule is COC(=O)N[C@@H](Cc1ccccc1)C(=O)N[C@@H](Cc1ccc(NS(=O)[O-])cc1)C1=CSC(CS(=O)(=O)c2ccc(Cl)cc2)N1. The maximum Gasteiger partial charge on any atom is 0.407 e. The van der Waals surface area contributed by atoms with Crippen LogP contribution in [0.2, 0.25) is 5.02 Å². The van der Waals surface area contributed by atoms with Gasteiger partial charge in [-0.3, -0.25) is 9.00 Å². The second kappa shape index (κ2) is 15.4. The van der Waals surface area contributed by atoms with Crippen molar-refractivity contribution < 1.29 is 31.5 Å². The number of amides is 2. The number of methoxy groups -OCH3 is 1. The summed E-state index contributed by atoms with van der Waals surface area (Å²) in [5, 5.41) is 10.5. The minimum atomic E-state index is -3.65. The molecule has 1 aliphatic rings. The quantitative estimate of drug-likeness (QED) is 0.198. The molecule has 2 amide bonds. The third-order valence-corrected chi connectivity index (χ3v) is 10.2. The van der Waals surface area contributed by atoms with Crippen molar-refractivity contribution in [2.75, 3.05) is 17.6 Å². The molecule has 4 N–H and O–H groups in total. The Kier molecular flexibility index (Phi) is 11.7. The van der Waals surface area contributed by atoms with Crippen molar-refractivity contribution in [3.8, 4) is 0 Å². The first-order chi connectivity index (χ1) is 21.0. The summed E-state index contributed by atoms with van der Waals surface area (Å²) in [6.07, 6.45) is -0.291. The highest BCUT2D eigenvalue weighted by atomic mass is 35.5. The van der Waals surface area contributed by atoms with E-state index in [0.717, 1.165) is 11.1 Å². The Balaban J connectivity index is 1.53. The zero-order valence-electron chi connectivity index (χ0n) is 23.4. The minimum absolute atomic E-state index is 0.146. The molecule has 4 atom stereocenters. The normalized spacial score (nSPS) is 16.5. The summed E-state index contributed by atoms with van der Waals surface area (Å²) in [4.78, 5) is 25.9. The molecule has 0 aliphatic carbocycles. The van der Waals surface area contributed by atoms with E-state index in [-0.39, 0.29) is 23.5 Å². The van der Waals surface area contributed by atoms with Crippen LogP contribution < -0.4 is 20.7 Å². The molecule has 2 unspecified atom stereocenters. The standard InChI is InChI=1S/C29H31ClN4O7S3/c1-41-29(36)33-25(16-19-5-3-2-4-6-19)28(35)32-24(15-20-7-11-22(12-8-20)34-43(37)38)26-17-42-27(31-26)18-44(39,40)23-13-9-21(30)10-14-23/h2-14,17,24-25,27,31,34H,15-16,18H2,1H3,(H,32,35)(H,33,36)(H,37,38)/p-1/t24-,25-,27?/m0/s1. The highest BCUT2D eigenvalue weighted by Crippen LogP contribution is 2.28. The number of thioether (sulfide) groups is 1. The first-order valence-corrected chi connectivity index (χ1v) is 17.3. The van der Waals surface area contributed by atoms with Gasteiger partial charge in [-0.15, -0.1) is 11.8 Å². The molecular weight excluding hydrogens is 648 g/mol. The van der Waals surface area contributed by atoms with E-state index in [1.807, 2.05) is 30.3 Å². The van der Waals surface area contributed by atoms with E-state index >= 15 is 0 Å². The molecule has 44 heavy (non-hydrogen) atoms. The molecule has 0 saturated heterocycles. The maximum atomic E-state index is 13.6. The van der Waals surface area contributed by atoms with E-state index in [1.165, 1.54) is 43.1 Å². The van der Waals surface area contributed by atoms with Crippen molar-refractivity contribution in [3.05, 3.63) is 106 Å². The Morgan fingerprint density at radius 1 is 1.00 bits per heavy atom. The molecule has 0 bridgehead atoms. The number of sulfone groups is 1. The van der Waals surface area contributed by atoms with Crippen LogP contribution >= 0.6 is 23.4 Å². The first kappa shape index (κ1) is 33.3. The maximum absolute atomic E-state index is 13.6. The number of benzene rings is 3. The number of ether oxygens (including phenoxy) is 1. The Hall–Kier alpha value is -3.56. The van der Waals surface area contributed by atoms with Gasteiger partial charge in [0.1, 0.15) is 6.04 Å². The Morgan fingerprint density at radius 3 is 2.30 bits per heavy atom. The Morgan fingerprint density at radius 2 is 1.66 bits per heavy atom. The fourth-order valence-electron chi connectivity index (χ4n) is 4.42. The van der Waals surface area contributed by atoms with Crippen LogP contribution in [0.3, 0.4) is 0 Å². The largest absolute Gasteiger partial charge is 0.755 e. The van der Waals surface area contributed by atoms with Gasteiger partial charge in [0.05, 0.1) is 29.2 Å². The van der Waals surface area contributed by atoms with Crippen molar-refractivity contribution in [2.24, 2.45) is 0 Å². The third-order valence-electron chi connectivity index (χ3n) is 6.59. The second-order valence-electron chi connectivity index (χ2n) is 9.75. The number of carbonyl (C=O) groups excluding carboxylic acids is 2. The zero-order chi connectivity index (χ0) is 31.7. The van der Waals surface area contributed by atoms with Crippen LogP contribution in [-0.2, 0) is 43.5 Å². The predicted molar refractivity (Wildman–Crippen MR) is 170 cm³/mol. The lowest BCUT2D eigenvalue weighted by molar-refractivity contribution is -0.123. The number of alkyl carbamates (subject to hydrolysis) is 1. The summed E-state index contributed by atoms with van der Waals surface area (Å²) >= 11 is 4.71. The summed E-state index contributed by atoms with van der Waals surface area (Å²) in [6.45, 7) is 0. The minimum Gasteiger partial charge on any atom is -0.755 e. The number of halogens is 1. The summed E-state index contributed by atoms with van der Waals surface area (Å²) in [5.41, 5.74) is 2.54. The fourth-order valence-corrected chi connectivity index (χ4v) is 7.70. The van der Waals surface area contributed by atoms with E-state index in [2.05, 4.69) is 20.7 Å². The summed E-state index contributed by atoms with van der Waals surface area (Å²) in [7, 11) is -2.44. The lowest BCUT2D eigenvalue weighted by Gasteiger charge is -2.25. The first-order valence-electron chi connectivity index (χ1n) is 13.3. The predicted octanol–water partition coefficient (Wildman–Crippen LogP) is 3.52. The van der Waals surface area contributed by atoms with E-state index in [4.69, 9.17) is 16.3 Å². The van der Waals surface area contributed by atoms with Crippen LogP contribution in [-0.4, -0.2) is 59.5 Å². The molecule has 0 radical (unpaired) electrons. The van der Waals surface area contributed by atoms with E-state index in [1.54, 1.807) is 29.7 Å². The van der Waals surface area contributed by atoms with E-state index in [9.17, 15) is 26.8 Å². The summed E-state index contributed by atoms with van der Waals surface area (Å²) in [6, 6.07) is 20.1. The van der Waals surface area contributed by atoms with Crippen molar-refractivity contribution in [1.82, 2.24) is 16.0 Å². The van der Waals surface area contributed by atoms with Crippen LogP contribution in [0.4, 0.5) is 10.5 Å². The van der Waals surface area contributed by atoms with Crippen molar-refractivity contribution in [2.45, 2.75) is 35.2 Å². The number of carbonyl (C=O) groups is 2. The highest BCUT2D eigenvalue weighted by Gasteiger charge is 2.31. The van der Waals surface area contributed by atoms with Gasteiger partial charge in [-0.25, -0.2) is 13.2 Å². The number of anilines is 1. The molecule has 0 saturated carbocycles. The van der Waals surface area contributed by atoms with Gasteiger partial charge in [-0.05, 0) is 59.4 Å². The molecule has 11 nitrogen and oxygen atoms in total. The smallest absolute Gasteiger partial charge is 0.407 e. The molecular formula is C29H30ClN4O7S3-. The molecule has 3 aromatic rings. The number of hydrogen-bond donors (Lipinski definition) is 4. The number of nitrogens with one attached hydrogen (secondary N) is 4. The van der Waals surface area contributed by atoms with Crippen molar-refractivity contribution in [1.29, 1.82) is 0 Å². The zero-order valence-corrected chi connectivity index (χ0v) is 26.6. The Labute approximate surface area is 267 Å². The van der Waals surface area contributed by atoms with Crippen LogP contribution in [0.1, 0.15) is 11.1 Å². The van der Waals surface area contributed by atoms with Crippen LogP contribution in [0.15, 0.2) is 94.9 Å². The molecule has 0 aromatic heterocycles. The van der Waals surface area contributed by atoms with Gasteiger partial charge in [0.15, 0.2) is 9.84 Å². The summed E-state index contributed by atoms with van der Waals surface area (Å²) < 4.78 is 55.1. The molecule has 15 heteroatoms. The monoisotopic (exact) mass is 677 g/mol. The van der Waals surface area contributed by atoms with Gasteiger partial charge >= 0.3 is 6.09 Å². The number of rotatable bonds is 13. The second-order valence-corrected chi connectivity index (χ2v) is 14.0. The van der Waals surface area contributed by atoms with Crippen molar-refractivity contribution >= 4 is 62.2 Å². The molecule has 4 rings (SSSR count). The topological polar surface area (TPSA) is 166 Å². The highest BCUT2D eigenvalue weighted by molar-refractivity contribution is 8.04. The van der Waals surface area contributed by atoms with Gasteiger partial charge in [0.25, 0.3) is 0 Å². The summed E-state index contributed by atoms with van der Waals surface area (Å²) in [5.74, 6) is -0.693. The number of hydrogen-bond acceptors (Lipinski definition) is 9. The van der Waals surface area contributed by atoms with Crippen LogP contribution in [0.5, 0.6) is 0 Å². The van der Waals surface area contributed by atoms with Gasteiger partial charge in [-0.1, -0.05) is 54.1 Å². The average molecular weight is 678 g/mol. The van der Waals surface area contributed by atoms with E-state index in [0.29, 0.717) is 16.4 Å². The molecule has 0 spiro atoms. The molecule has 3 aromatic carbocycles. The van der Waals surface area contributed by atoms with Gasteiger partial charge in [0.2, 0.25) is 5.91 Å². The molecule has 1 heterocycles. The van der Waals surface area contributed by atoms with E-state index < -0.39 is 50.6 Å².